The monoisotopic (exact) mass is 340 g/mol. The van der Waals surface area contributed by atoms with E-state index in [-0.39, 0.29) is 11.3 Å². The molecule has 0 aliphatic carbocycles. The molecular formula is C14H16N2O4S2. The number of hydrogen-bond donors (Lipinski definition) is 2. The summed E-state index contributed by atoms with van der Waals surface area (Å²) in [6.45, 7) is 3.43. The van der Waals surface area contributed by atoms with Gasteiger partial charge >= 0.3 is 5.97 Å². The summed E-state index contributed by atoms with van der Waals surface area (Å²) >= 11 is 1.34. The highest BCUT2D eigenvalue weighted by molar-refractivity contribution is 7.89. The first-order valence-electron chi connectivity index (χ1n) is 6.51. The van der Waals surface area contributed by atoms with Gasteiger partial charge in [0.1, 0.15) is 0 Å². The van der Waals surface area contributed by atoms with E-state index >= 15 is 0 Å². The van der Waals surface area contributed by atoms with E-state index in [0.717, 1.165) is 0 Å². The lowest BCUT2D eigenvalue weighted by atomic mass is 10.1. The second-order valence-electron chi connectivity index (χ2n) is 4.83. The average molecular weight is 340 g/mol. The molecule has 0 aliphatic rings. The van der Waals surface area contributed by atoms with Crippen LogP contribution in [0.5, 0.6) is 0 Å². The maximum Gasteiger partial charge on any atom is 0.305 e. The van der Waals surface area contributed by atoms with Crippen molar-refractivity contribution in [1.82, 2.24) is 9.71 Å². The molecule has 8 heteroatoms. The number of rotatable bonds is 6. The van der Waals surface area contributed by atoms with Gasteiger partial charge in [0.05, 0.1) is 23.1 Å². The van der Waals surface area contributed by atoms with Crippen LogP contribution in [0.2, 0.25) is 0 Å². The number of nitrogens with one attached hydrogen (secondary N) is 1. The SMILES string of the molecule is Cc1csc(C)c1S(=O)(=O)NC(CC(=O)O)c1ccccn1. The zero-order valence-corrected chi connectivity index (χ0v) is 13.7. The zero-order valence-electron chi connectivity index (χ0n) is 12.1. The second kappa shape index (κ2) is 6.55. The minimum atomic E-state index is -3.81. The number of hydrogen-bond acceptors (Lipinski definition) is 5. The number of carbonyl (C=O) groups is 1. The summed E-state index contributed by atoms with van der Waals surface area (Å²) in [5.74, 6) is -1.10. The van der Waals surface area contributed by atoms with Crippen LogP contribution in [0.3, 0.4) is 0 Å². The third kappa shape index (κ3) is 3.70. The Hall–Kier alpha value is -1.77. The Morgan fingerprint density at radius 1 is 1.41 bits per heavy atom. The van der Waals surface area contributed by atoms with E-state index in [1.807, 2.05) is 0 Å². The quantitative estimate of drug-likeness (QED) is 0.841. The summed E-state index contributed by atoms with van der Waals surface area (Å²) in [6.07, 6.45) is 1.12. The van der Waals surface area contributed by atoms with Crippen molar-refractivity contribution in [1.29, 1.82) is 0 Å². The van der Waals surface area contributed by atoms with Gasteiger partial charge in [-0.05, 0) is 36.9 Å². The molecule has 0 radical (unpaired) electrons. The van der Waals surface area contributed by atoms with E-state index < -0.39 is 22.0 Å². The highest BCUT2D eigenvalue weighted by Crippen LogP contribution is 2.27. The van der Waals surface area contributed by atoms with Crippen LogP contribution >= 0.6 is 11.3 Å². The predicted octanol–water partition coefficient (Wildman–Crippen LogP) is 2.25. The maximum absolute atomic E-state index is 12.6. The highest BCUT2D eigenvalue weighted by atomic mass is 32.2. The Bertz CT molecular complexity index is 750. The summed E-state index contributed by atoms with van der Waals surface area (Å²) < 4.78 is 27.6. The Kier molecular flexibility index (Phi) is 4.94. The Morgan fingerprint density at radius 3 is 2.64 bits per heavy atom. The molecule has 2 N–H and O–H groups in total. The van der Waals surface area contributed by atoms with E-state index in [9.17, 15) is 13.2 Å². The Balaban J connectivity index is 2.37. The smallest absolute Gasteiger partial charge is 0.305 e. The summed E-state index contributed by atoms with van der Waals surface area (Å²) in [5.41, 5.74) is 1.02. The first-order valence-corrected chi connectivity index (χ1v) is 8.87. The topological polar surface area (TPSA) is 96.4 Å². The van der Waals surface area contributed by atoms with Gasteiger partial charge in [-0.15, -0.1) is 11.3 Å². The van der Waals surface area contributed by atoms with Crippen molar-refractivity contribution < 1.29 is 18.3 Å². The van der Waals surface area contributed by atoms with Crippen molar-refractivity contribution >= 4 is 27.3 Å². The molecule has 0 aliphatic heterocycles. The van der Waals surface area contributed by atoms with E-state index in [1.54, 1.807) is 37.4 Å². The molecule has 2 aromatic rings. The molecule has 1 unspecified atom stereocenters. The summed E-state index contributed by atoms with van der Waals surface area (Å²) in [5, 5.41) is 10.8. The van der Waals surface area contributed by atoms with Crippen LogP contribution in [0.1, 0.15) is 28.6 Å². The van der Waals surface area contributed by atoms with Crippen LogP contribution in [0.4, 0.5) is 0 Å². The van der Waals surface area contributed by atoms with E-state index in [2.05, 4.69) is 9.71 Å². The molecule has 0 bridgehead atoms. The molecule has 0 amide bonds. The molecular weight excluding hydrogens is 324 g/mol. The molecule has 0 fully saturated rings. The largest absolute Gasteiger partial charge is 0.481 e. The van der Waals surface area contributed by atoms with Crippen molar-refractivity contribution in [2.75, 3.05) is 0 Å². The van der Waals surface area contributed by atoms with Gasteiger partial charge in [0.2, 0.25) is 10.0 Å². The fourth-order valence-electron chi connectivity index (χ4n) is 2.17. The van der Waals surface area contributed by atoms with Crippen LogP contribution < -0.4 is 4.72 Å². The predicted molar refractivity (Wildman–Crippen MR) is 83.3 cm³/mol. The van der Waals surface area contributed by atoms with E-state index in [4.69, 9.17) is 5.11 Å². The number of thiophene rings is 1. The molecule has 2 aromatic heterocycles. The van der Waals surface area contributed by atoms with Crippen molar-refractivity contribution in [3.63, 3.8) is 0 Å². The van der Waals surface area contributed by atoms with Crippen LogP contribution in [0, 0.1) is 13.8 Å². The molecule has 0 saturated carbocycles. The molecule has 0 aromatic carbocycles. The van der Waals surface area contributed by atoms with Gasteiger partial charge in [-0.2, -0.15) is 0 Å². The number of carboxylic acid groups (broad SMARTS) is 1. The number of aliphatic carboxylic acids is 1. The number of nitrogens with zero attached hydrogens (tertiary/aromatic N) is 1. The lowest BCUT2D eigenvalue weighted by molar-refractivity contribution is -0.137. The minimum Gasteiger partial charge on any atom is -0.481 e. The summed E-state index contributed by atoms with van der Waals surface area (Å²) in [4.78, 5) is 16.0. The maximum atomic E-state index is 12.6. The van der Waals surface area contributed by atoms with Crippen molar-refractivity contribution in [3.8, 4) is 0 Å². The van der Waals surface area contributed by atoms with Gasteiger partial charge in [-0.1, -0.05) is 6.07 Å². The molecule has 0 saturated heterocycles. The van der Waals surface area contributed by atoms with Crippen LogP contribution in [0.15, 0.2) is 34.7 Å². The molecule has 118 valence electrons. The minimum absolute atomic E-state index is 0.212. The fourth-order valence-corrected chi connectivity index (χ4v) is 5.02. The van der Waals surface area contributed by atoms with Crippen LogP contribution in [-0.4, -0.2) is 24.5 Å². The highest BCUT2D eigenvalue weighted by Gasteiger charge is 2.27. The summed E-state index contributed by atoms with van der Waals surface area (Å²) in [6, 6.07) is 4.06. The molecule has 1 atom stereocenters. The van der Waals surface area contributed by atoms with E-state index in [0.29, 0.717) is 16.1 Å². The molecule has 2 rings (SSSR count). The number of sulfonamides is 1. The third-order valence-corrected chi connectivity index (χ3v) is 6.00. The first-order chi connectivity index (χ1) is 10.3. The first kappa shape index (κ1) is 16.6. The van der Waals surface area contributed by atoms with Gasteiger partial charge in [0.25, 0.3) is 0 Å². The zero-order chi connectivity index (χ0) is 16.3. The van der Waals surface area contributed by atoms with Crippen molar-refractivity contribution in [2.45, 2.75) is 31.2 Å². The fraction of sp³-hybridized carbons (Fsp3) is 0.286. The standard InChI is InChI=1S/C14H16N2O4S2/c1-9-8-21-10(2)14(9)22(19,20)16-12(7-13(17)18)11-5-3-4-6-15-11/h3-6,8,12,16H,7H2,1-2H3,(H,17,18). The molecule has 6 nitrogen and oxygen atoms in total. The lowest BCUT2D eigenvalue weighted by Crippen LogP contribution is -2.31. The lowest BCUT2D eigenvalue weighted by Gasteiger charge is -2.17. The molecule has 2 heterocycles. The Labute approximate surface area is 132 Å². The molecule has 0 spiro atoms. The van der Waals surface area contributed by atoms with Crippen molar-refractivity contribution in [3.05, 3.63) is 45.9 Å². The van der Waals surface area contributed by atoms with Gasteiger partial charge in [-0.25, -0.2) is 13.1 Å². The number of aromatic nitrogens is 1. The number of carboxylic acids is 1. The Morgan fingerprint density at radius 2 is 2.14 bits per heavy atom. The van der Waals surface area contributed by atoms with E-state index in [1.165, 1.54) is 17.5 Å². The molecule has 22 heavy (non-hydrogen) atoms. The second-order valence-corrected chi connectivity index (χ2v) is 7.56. The van der Waals surface area contributed by atoms with Crippen LogP contribution in [-0.2, 0) is 14.8 Å². The van der Waals surface area contributed by atoms with Crippen molar-refractivity contribution in [2.24, 2.45) is 0 Å². The van der Waals surface area contributed by atoms with Gasteiger partial charge in [0.15, 0.2) is 0 Å². The number of pyridine rings is 1. The third-order valence-electron chi connectivity index (χ3n) is 3.08. The van der Waals surface area contributed by atoms with Crippen LogP contribution in [0.25, 0.3) is 0 Å². The van der Waals surface area contributed by atoms with Gasteiger partial charge in [0, 0.05) is 11.1 Å². The summed E-state index contributed by atoms with van der Waals surface area (Å²) in [7, 11) is -3.81. The van der Waals surface area contributed by atoms with Gasteiger partial charge < -0.3 is 5.11 Å². The number of aryl methyl sites for hydroxylation is 2. The normalized spacial score (nSPS) is 13.0. The average Bonchev–Trinajstić information content (AvgIpc) is 2.78. The van der Waals surface area contributed by atoms with Gasteiger partial charge in [-0.3, -0.25) is 9.78 Å².